The molecule has 2 aromatic heterocycles. The van der Waals surface area contributed by atoms with Gasteiger partial charge < -0.3 is 20.1 Å². The Hall–Kier alpha value is -4.22. The van der Waals surface area contributed by atoms with Gasteiger partial charge in [0.2, 0.25) is 5.95 Å². The maximum atomic E-state index is 13.7. The highest BCUT2D eigenvalue weighted by Crippen LogP contribution is 2.48. The SMILES string of the molecule is [2H]C([2H])([2H])N1C(=O)c2cccc(C#CC)c2[C@H]2C[C@@H]1c1nc3ccc(-c4cnc(N5CC(N)C5)nc4)cc3n12. The minimum Gasteiger partial charge on any atom is -0.338 e. The molecule has 4 aromatic rings. The molecule has 3 aliphatic heterocycles. The lowest BCUT2D eigenvalue weighted by atomic mass is 9.93. The van der Waals surface area contributed by atoms with Crippen LogP contribution >= 0.6 is 0 Å². The van der Waals surface area contributed by atoms with Crippen LogP contribution in [0.4, 0.5) is 5.95 Å². The first-order valence-corrected chi connectivity index (χ1v) is 12.0. The zero-order chi connectivity index (χ0) is 27.1. The Balaban J connectivity index is 1.39. The van der Waals surface area contributed by atoms with Crippen molar-refractivity contribution in [3.05, 3.63) is 71.3 Å². The van der Waals surface area contributed by atoms with Gasteiger partial charge in [-0.15, -0.1) is 5.92 Å². The summed E-state index contributed by atoms with van der Waals surface area (Å²) >= 11 is 0. The van der Waals surface area contributed by atoms with Crippen LogP contribution in [0.5, 0.6) is 0 Å². The summed E-state index contributed by atoms with van der Waals surface area (Å²) in [6.07, 6.45) is 4.02. The van der Waals surface area contributed by atoms with E-state index in [2.05, 4.69) is 26.4 Å². The number of imidazole rings is 1. The molecule has 2 aromatic carbocycles. The molecule has 0 aliphatic carbocycles. The van der Waals surface area contributed by atoms with Crippen LogP contribution in [0.2, 0.25) is 0 Å². The van der Waals surface area contributed by atoms with E-state index >= 15 is 0 Å². The number of aromatic nitrogens is 4. The number of amides is 1. The molecule has 36 heavy (non-hydrogen) atoms. The van der Waals surface area contributed by atoms with E-state index in [1.54, 1.807) is 31.5 Å². The number of fused-ring (bicyclic) bond motifs is 9. The first kappa shape index (κ1) is 18.1. The molecule has 1 fully saturated rings. The van der Waals surface area contributed by atoms with Crippen LogP contribution in [-0.2, 0) is 0 Å². The van der Waals surface area contributed by atoms with Crippen molar-refractivity contribution in [1.82, 2.24) is 24.4 Å². The molecule has 8 heteroatoms. The summed E-state index contributed by atoms with van der Waals surface area (Å²) in [5, 5.41) is 0. The van der Waals surface area contributed by atoms with Gasteiger partial charge in [0.05, 0.1) is 23.1 Å². The second kappa shape index (κ2) is 7.64. The van der Waals surface area contributed by atoms with E-state index in [1.165, 1.54) is 0 Å². The number of hydrogen-bond acceptors (Lipinski definition) is 6. The second-order valence-corrected chi connectivity index (χ2v) is 9.56. The first-order valence-electron chi connectivity index (χ1n) is 13.5. The third-order valence-corrected chi connectivity index (χ3v) is 7.40. The van der Waals surface area contributed by atoms with Crippen LogP contribution < -0.4 is 10.6 Å². The molecule has 1 amide bonds. The molecule has 0 saturated carbocycles. The average molecular weight is 479 g/mol. The third kappa shape index (κ3) is 2.93. The van der Waals surface area contributed by atoms with Crippen molar-refractivity contribution in [1.29, 1.82) is 0 Å². The Bertz CT molecular complexity index is 1710. The van der Waals surface area contributed by atoms with Gasteiger partial charge in [0.1, 0.15) is 5.82 Å². The summed E-state index contributed by atoms with van der Waals surface area (Å²) in [6, 6.07) is 10.4. The van der Waals surface area contributed by atoms with E-state index in [1.807, 2.05) is 29.2 Å². The Morgan fingerprint density at radius 3 is 2.69 bits per heavy atom. The molecule has 1 saturated heterocycles. The van der Waals surface area contributed by atoms with E-state index in [9.17, 15) is 4.79 Å². The fourth-order valence-electron chi connectivity index (χ4n) is 5.68. The van der Waals surface area contributed by atoms with Crippen LogP contribution in [0.15, 0.2) is 48.8 Å². The predicted molar refractivity (Wildman–Crippen MR) is 138 cm³/mol. The largest absolute Gasteiger partial charge is 0.338 e. The van der Waals surface area contributed by atoms with Gasteiger partial charge >= 0.3 is 0 Å². The van der Waals surface area contributed by atoms with Crippen molar-refractivity contribution in [3.63, 3.8) is 0 Å². The molecule has 8 nitrogen and oxygen atoms in total. The van der Waals surface area contributed by atoms with Crippen molar-refractivity contribution < 1.29 is 8.91 Å². The Morgan fingerprint density at radius 2 is 1.94 bits per heavy atom. The lowest BCUT2D eigenvalue weighted by molar-refractivity contribution is 0.0734. The third-order valence-electron chi connectivity index (χ3n) is 7.40. The highest BCUT2D eigenvalue weighted by Gasteiger charge is 2.44. The Labute approximate surface area is 213 Å². The van der Waals surface area contributed by atoms with Crippen LogP contribution in [0.1, 0.15) is 56.8 Å². The minimum absolute atomic E-state index is 0.161. The predicted octanol–water partition coefficient (Wildman–Crippen LogP) is 3.13. The summed E-state index contributed by atoms with van der Waals surface area (Å²) in [6.45, 7) is 0.616. The van der Waals surface area contributed by atoms with Crippen molar-refractivity contribution >= 4 is 22.9 Å². The molecule has 0 spiro atoms. The number of nitrogens with zero attached hydrogens (tertiary/aromatic N) is 6. The van der Waals surface area contributed by atoms with Gasteiger partial charge in [0.25, 0.3) is 5.91 Å². The minimum atomic E-state index is -2.63. The summed E-state index contributed by atoms with van der Waals surface area (Å²) in [5.41, 5.74) is 11.1. The van der Waals surface area contributed by atoms with Gasteiger partial charge in [0.15, 0.2) is 0 Å². The van der Waals surface area contributed by atoms with E-state index < -0.39 is 18.9 Å². The van der Waals surface area contributed by atoms with Crippen LogP contribution in [-0.4, -0.2) is 56.4 Å². The molecule has 0 unspecified atom stereocenters. The highest BCUT2D eigenvalue weighted by molar-refractivity contribution is 5.98. The number of carbonyl (C=O) groups excluding carboxylic acids is 1. The monoisotopic (exact) mass is 478 g/mol. The fraction of sp³-hybridized carbons (Fsp3) is 0.286. The lowest BCUT2D eigenvalue weighted by Gasteiger charge is -2.36. The summed E-state index contributed by atoms with van der Waals surface area (Å²) in [4.78, 5) is 30.7. The number of nitrogens with two attached hydrogens (primary N) is 1. The molecule has 3 aliphatic rings. The van der Waals surface area contributed by atoms with Gasteiger partial charge in [-0.2, -0.15) is 0 Å². The summed E-state index contributed by atoms with van der Waals surface area (Å²) in [5.74, 6) is 6.79. The van der Waals surface area contributed by atoms with Gasteiger partial charge in [-0.1, -0.05) is 18.1 Å². The molecule has 2 atom stereocenters. The van der Waals surface area contributed by atoms with E-state index in [-0.39, 0.29) is 12.1 Å². The lowest BCUT2D eigenvalue weighted by Crippen LogP contribution is -2.56. The van der Waals surface area contributed by atoms with Crippen LogP contribution in [0.25, 0.3) is 22.2 Å². The smallest absolute Gasteiger partial charge is 0.254 e. The zero-order valence-corrected chi connectivity index (χ0v) is 19.6. The van der Waals surface area contributed by atoms with Gasteiger partial charge in [0, 0.05) is 71.3 Å². The van der Waals surface area contributed by atoms with Crippen molar-refractivity contribution in [2.75, 3.05) is 25.0 Å². The summed E-state index contributed by atoms with van der Waals surface area (Å²) in [7, 11) is 0. The molecular formula is C28H25N7O. The normalized spacial score (nSPS) is 22.1. The van der Waals surface area contributed by atoms with Crippen molar-refractivity contribution in [3.8, 4) is 23.0 Å². The van der Waals surface area contributed by atoms with E-state index in [4.69, 9.17) is 14.8 Å². The average Bonchev–Trinajstić information content (AvgIpc) is 3.39. The molecule has 0 radical (unpaired) electrons. The zero-order valence-electron chi connectivity index (χ0n) is 22.6. The number of carbonyl (C=O) groups is 1. The Kier molecular flexibility index (Phi) is 3.84. The topological polar surface area (TPSA) is 93.2 Å². The molecular weight excluding hydrogens is 450 g/mol. The number of benzene rings is 2. The fourth-order valence-corrected chi connectivity index (χ4v) is 5.68. The van der Waals surface area contributed by atoms with Crippen LogP contribution in [0, 0.1) is 11.8 Å². The van der Waals surface area contributed by atoms with E-state index in [0.717, 1.165) is 51.3 Å². The van der Waals surface area contributed by atoms with Gasteiger partial charge in [-0.05, 0) is 36.8 Å². The quantitative estimate of drug-likeness (QED) is 0.445. The maximum absolute atomic E-state index is 13.7. The second-order valence-electron chi connectivity index (χ2n) is 9.56. The van der Waals surface area contributed by atoms with Gasteiger partial charge in [-0.3, -0.25) is 4.79 Å². The number of anilines is 1. The highest BCUT2D eigenvalue weighted by atomic mass is 16.2. The maximum Gasteiger partial charge on any atom is 0.254 e. The van der Waals surface area contributed by atoms with Gasteiger partial charge in [-0.25, -0.2) is 15.0 Å². The molecule has 178 valence electrons. The van der Waals surface area contributed by atoms with Crippen molar-refractivity contribution in [2.24, 2.45) is 5.73 Å². The van der Waals surface area contributed by atoms with Crippen LogP contribution in [0.3, 0.4) is 0 Å². The first-order chi connectivity index (χ1) is 18.7. The number of hydrogen-bond donors (Lipinski definition) is 1. The molecule has 7 rings (SSSR count). The summed E-state index contributed by atoms with van der Waals surface area (Å²) < 4.78 is 26.8. The number of rotatable bonds is 2. The van der Waals surface area contributed by atoms with E-state index in [0.29, 0.717) is 23.8 Å². The van der Waals surface area contributed by atoms with Crippen molar-refractivity contribution in [2.45, 2.75) is 31.5 Å². The molecule has 5 heterocycles. The Morgan fingerprint density at radius 1 is 1.11 bits per heavy atom. The molecule has 2 bridgehead atoms. The molecule has 2 N–H and O–H groups in total. The standard InChI is InChI=1S/C28H25N7O/c1-3-5-16-6-4-7-20-25(16)23-11-24(33(2)27(20)36)26-32-21-9-8-17(10-22(21)35(23)26)18-12-30-28(31-13-18)34-14-19(29)15-34/h4,6-10,12-13,19,23-24H,11,14-15,29H2,1-2H3/t23-,24-/m1/s1/i2D3.